The van der Waals surface area contributed by atoms with Gasteiger partial charge in [0.1, 0.15) is 0 Å². The van der Waals surface area contributed by atoms with Gasteiger partial charge in [0.2, 0.25) is 0 Å². The molecule has 2 unspecified atom stereocenters. The molecule has 2 rings (SSSR count). The minimum Gasteiger partial charge on any atom is -0.381 e. The van der Waals surface area contributed by atoms with Crippen LogP contribution in [0.4, 0.5) is 0 Å². The number of ether oxygens (including phenoxy) is 1. The molecular weight excluding hydrogens is 212 g/mol. The van der Waals surface area contributed by atoms with Gasteiger partial charge in [0.15, 0.2) is 0 Å². The average Bonchev–Trinajstić information content (AvgIpc) is 2.27. The topological polar surface area (TPSA) is 24.5 Å². The highest BCUT2D eigenvalue weighted by Gasteiger charge is 2.38. The number of nitrogens with zero attached hydrogens (tertiary/aromatic N) is 1. The van der Waals surface area contributed by atoms with Crippen molar-refractivity contribution in [1.29, 1.82) is 0 Å². The molecule has 1 aliphatic heterocycles. The van der Waals surface area contributed by atoms with Crippen LogP contribution in [0.25, 0.3) is 0 Å². The van der Waals surface area contributed by atoms with Gasteiger partial charge in [-0.25, -0.2) is 0 Å². The van der Waals surface area contributed by atoms with E-state index in [2.05, 4.69) is 24.1 Å². The van der Waals surface area contributed by atoms with Gasteiger partial charge in [-0.15, -0.1) is 0 Å². The second-order valence-electron chi connectivity index (χ2n) is 5.75. The minimum absolute atomic E-state index is 0.531. The Kier molecular flexibility index (Phi) is 4.83. The molecule has 1 aliphatic carbocycles. The van der Waals surface area contributed by atoms with Crippen LogP contribution in [-0.4, -0.2) is 49.3 Å². The van der Waals surface area contributed by atoms with E-state index in [4.69, 9.17) is 4.74 Å². The van der Waals surface area contributed by atoms with Crippen molar-refractivity contribution in [2.75, 3.05) is 20.2 Å². The molecule has 3 heteroatoms. The number of piperidine rings is 1. The molecule has 0 bridgehead atoms. The number of hydrogen-bond acceptors (Lipinski definition) is 3. The van der Waals surface area contributed by atoms with E-state index in [1.165, 1.54) is 45.2 Å². The first kappa shape index (κ1) is 13.3. The van der Waals surface area contributed by atoms with Crippen molar-refractivity contribution in [3.63, 3.8) is 0 Å². The van der Waals surface area contributed by atoms with Crippen LogP contribution in [0.3, 0.4) is 0 Å². The molecule has 0 aromatic heterocycles. The number of rotatable bonds is 5. The van der Waals surface area contributed by atoms with Crippen molar-refractivity contribution in [3.05, 3.63) is 0 Å². The molecule has 0 aromatic carbocycles. The number of hydrogen-bond donors (Lipinski definition) is 1. The quantitative estimate of drug-likeness (QED) is 0.795. The summed E-state index contributed by atoms with van der Waals surface area (Å²) in [4.78, 5) is 2.71. The fourth-order valence-electron chi connectivity index (χ4n) is 3.27. The fraction of sp³-hybridized carbons (Fsp3) is 1.00. The van der Waals surface area contributed by atoms with E-state index in [0.717, 1.165) is 18.1 Å². The Bertz CT molecular complexity index is 228. The fourth-order valence-corrected chi connectivity index (χ4v) is 3.27. The predicted molar refractivity (Wildman–Crippen MR) is 71.3 cm³/mol. The first-order valence-electron chi connectivity index (χ1n) is 7.26. The highest BCUT2D eigenvalue weighted by molar-refractivity contribution is 4.93. The Morgan fingerprint density at radius 3 is 2.65 bits per heavy atom. The summed E-state index contributed by atoms with van der Waals surface area (Å²) < 4.78 is 5.38. The van der Waals surface area contributed by atoms with Crippen molar-refractivity contribution >= 4 is 0 Å². The number of methoxy groups -OCH3 is 1. The lowest BCUT2D eigenvalue weighted by molar-refractivity contribution is -0.0494. The molecule has 1 saturated carbocycles. The summed E-state index contributed by atoms with van der Waals surface area (Å²) in [6, 6.07) is 2.28. The van der Waals surface area contributed by atoms with E-state index in [-0.39, 0.29) is 0 Å². The van der Waals surface area contributed by atoms with Gasteiger partial charge in [-0.3, -0.25) is 4.90 Å². The van der Waals surface area contributed by atoms with Gasteiger partial charge in [0, 0.05) is 31.8 Å². The van der Waals surface area contributed by atoms with Crippen LogP contribution in [0.5, 0.6) is 0 Å². The molecule has 0 spiro atoms. The number of nitrogens with one attached hydrogen (secondary N) is 1. The van der Waals surface area contributed by atoms with Crippen LogP contribution in [0.15, 0.2) is 0 Å². The van der Waals surface area contributed by atoms with Gasteiger partial charge >= 0.3 is 0 Å². The molecule has 0 amide bonds. The standard InChI is InChI=1S/C14H28N2O/c1-4-6-15-12-5-7-16(11(2)8-12)13-9-14(10-13)17-3/h11-15H,4-10H2,1-3H3. The number of likely N-dealkylation sites (tertiary alicyclic amines) is 1. The van der Waals surface area contributed by atoms with Crippen molar-refractivity contribution in [1.82, 2.24) is 10.2 Å². The molecule has 0 radical (unpaired) electrons. The first-order chi connectivity index (χ1) is 8.24. The molecule has 1 heterocycles. The van der Waals surface area contributed by atoms with Crippen LogP contribution >= 0.6 is 0 Å². The highest BCUT2D eigenvalue weighted by Crippen LogP contribution is 2.32. The van der Waals surface area contributed by atoms with E-state index in [1.807, 2.05) is 7.11 Å². The Hall–Kier alpha value is -0.120. The first-order valence-corrected chi connectivity index (χ1v) is 7.26. The SMILES string of the molecule is CCCNC1CCN(C2CC(OC)C2)C(C)C1. The second kappa shape index (κ2) is 6.17. The molecule has 3 nitrogen and oxygen atoms in total. The van der Waals surface area contributed by atoms with Gasteiger partial charge in [0.25, 0.3) is 0 Å². The maximum absolute atomic E-state index is 5.38. The van der Waals surface area contributed by atoms with E-state index >= 15 is 0 Å². The van der Waals surface area contributed by atoms with E-state index in [1.54, 1.807) is 0 Å². The predicted octanol–water partition coefficient (Wildman–Crippen LogP) is 2.02. The molecule has 17 heavy (non-hydrogen) atoms. The molecule has 1 N–H and O–H groups in total. The zero-order valence-corrected chi connectivity index (χ0v) is 11.6. The normalized spacial score (nSPS) is 39.0. The monoisotopic (exact) mass is 240 g/mol. The third-order valence-electron chi connectivity index (χ3n) is 4.48. The lowest BCUT2D eigenvalue weighted by Crippen LogP contribution is -2.56. The summed E-state index contributed by atoms with van der Waals surface area (Å²) in [6.45, 7) is 7.07. The summed E-state index contributed by atoms with van der Waals surface area (Å²) in [5, 5.41) is 3.67. The zero-order chi connectivity index (χ0) is 12.3. The van der Waals surface area contributed by atoms with Crippen molar-refractivity contribution in [3.8, 4) is 0 Å². The highest BCUT2D eigenvalue weighted by atomic mass is 16.5. The van der Waals surface area contributed by atoms with Gasteiger partial charge in [-0.1, -0.05) is 6.92 Å². The summed E-state index contributed by atoms with van der Waals surface area (Å²) in [7, 11) is 1.84. The lowest BCUT2D eigenvalue weighted by atomic mass is 9.84. The summed E-state index contributed by atoms with van der Waals surface area (Å²) in [5.74, 6) is 0. The van der Waals surface area contributed by atoms with Crippen LogP contribution in [-0.2, 0) is 4.74 Å². The van der Waals surface area contributed by atoms with Crippen LogP contribution < -0.4 is 5.32 Å². The molecule has 2 fully saturated rings. The third kappa shape index (κ3) is 3.21. The van der Waals surface area contributed by atoms with Crippen LogP contribution in [0, 0.1) is 0 Å². The van der Waals surface area contributed by atoms with Crippen molar-refractivity contribution in [2.45, 2.75) is 70.2 Å². The zero-order valence-electron chi connectivity index (χ0n) is 11.6. The molecule has 2 aliphatic rings. The summed E-state index contributed by atoms with van der Waals surface area (Å²) >= 11 is 0. The van der Waals surface area contributed by atoms with E-state index < -0.39 is 0 Å². The Balaban J connectivity index is 1.73. The molecular formula is C14H28N2O. The van der Waals surface area contributed by atoms with E-state index in [0.29, 0.717) is 6.10 Å². The van der Waals surface area contributed by atoms with Gasteiger partial charge in [-0.2, -0.15) is 0 Å². The minimum atomic E-state index is 0.531. The van der Waals surface area contributed by atoms with Gasteiger partial charge in [0.05, 0.1) is 6.10 Å². The summed E-state index contributed by atoms with van der Waals surface area (Å²) in [6.07, 6.45) is 6.89. The maximum atomic E-state index is 5.38. The van der Waals surface area contributed by atoms with Crippen molar-refractivity contribution in [2.24, 2.45) is 0 Å². The second-order valence-corrected chi connectivity index (χ2v) is 5.75. The molecule has 2 atom stereocenters. The Labute approximate surface area is 106 Å². The smallest absolute Gasteiger partial charge is 0.0601 e. The molecule has 1 saturated heterocycles. The molecule has 100 valence electrons. The lowest BCUT2D eigenvalue weighted by Gasteiger charge is -2.48. The Morgan fingerprint density at radius 2 is 2.06 bits per heavy atom. The van der Waals surface area contributed by atoms with Crippen LogP contribution in [0.1, 0.15) is 46.0 Å². The van der Waals surface area contributed by atoms with Crippen molar-refractivity contribution < 1.29 is 4.74 Å². The van der Waals surface area contributed by atoms with Gasteiger partial charge in [-0.05, 0) is 45.6 Å². The Morgan fingerprint density at radius 1 is 1.29 bits per heavy atom. The van der Waals surface area contributed by atoms with E-state index in [9.17, 15) is 0 Å². The maximum Gasteiger partial charge on any atom is 0.0601 e. The largest absolute Gasteiger partial charge is 0.381 e. The average molecular weight is 240 g/mol. The molecule has 0 aromatic rings. The third-order valence-corrected chi connectivity index (χ3v) is 4.48. The van der Waals surface area contributed by atoms with Crippen LogP contribution in [0.2, 0.25) is 0 Å². The summed E-state index contributed by atoms with van der Waals surface area (Å²) in [5.41, 5.74) is 0. The van der Waals surface area contributed by atoms with Gasteiger partial charge < -0.3 is 10.1 Å².